The molecule has 2 rings (SSSR count). The van der Waals surface area contributed by atoms with Crippen LogP contribution in [0.4, 0.5) is 0 Å². The summed E-state index contributed by atoms with van der Waals surface area (Å²) >= 11 is 1.70. The standard InChI is InChI=1S/C11H11OS/c1-3-12-10-5-4-6-11-9(10)7-8(2)13-11/h4-7H,2-3H2,1H3. The van der Waals surface area contributed by atoms with E-state index in [0.717, 1.165) is 10.6 Å². The minimum Gasteiger partial charge on any atom is -0.493 e. The van der Waals surface area contributed by atoms with Crippen LogP contribution in [0, 0.1) is 6.92 Å². The van der Waals surface area contributed by atoms with Crippen LogP contribution < -0.4 is 4.74 Å². The zero-order valence-corrected chi connectivity index (χ0v) is 8.36. The molecule has 1 nitrogen and oxygen atoms in total. The Hall–Kier alpha value is -1.02. The second kappa shape index (κ2) is 3.38. The van der Waals surface area contributed by atoms with Gasteiger partial charge in [-0.25, -0.2) is 0 Å². The van der Waals surface area contributed by atoms with E-state index in [9.17, 15) is 0 Å². The molecule has 0 saturated heterocycles. The quantitative estimate of drug-likeness (QED) is 0.706. The van der Waals surface area contributed by atoms with Gasteiger partial charge >= 0.3 is 0 Å². The minimum atomic E-state index is 0.710. The molecule has 0 amide bonds. The molecule has 13 heavy (non-hydrogen) atoms. The molecule has 0 atom stereocenters. The summed E-state index contributed by atoms with van der Waals surface area (Å²) in [5, 5.41) is 1.18. The highest BCUT2D eigenvalue weighted by molar-refractivity contribution is 7.19. The molecule has 0 fully saturated rings. The molecule has 67 valence electrons. The lowest BCUT2D eigenvalue weighted by Gasteiger charge is -2.02. The van der Waals surface area contributed by atoms with E-state index in [0.29, 0.717) is 6.61 Å². The summed E-state index contributed by atoms with van der Waals surface area (Å²) in [7, 11) is 0. The lowest BCUT2D eigenvalue weighted by molar-refractivity contribution is 0.344. The van der Waals surface area contributed by atoms with Crippen molar-refractivity contribution in [2.24, 2.45) is 0 Å². The average molecular weight is 191 g/mol. The molecule has 0 spiro atoms. The van der Waals surface area contributed by atoms with Crippen molar-refractivity contribution in [3.63, 3.8) is 0 Å². The van der Waals surface area contributed by atoms with Gasteiger partial charge in [0.05, 0.1) is 6.61 Å². The summed E-state index contributed by atoms with van der Waals surface area (Å²) in [6.07, 6.45) is 0. The fraction of sp³-hybridized carbons (Fsp3) is 0.182. The van der Waals surface area contributed by atoms with Crippen molar-refractivity contribution in [2.75, 3.05) is 6.61 Å². The van der Waals surface area contributed by atoms with Crippen molar-refractivity contribution in [3.05, 3.63) is 36.1 Å². The molecule has 0 aliphatic heterocycles. The second-order valence-electron chi connectivity index (χ2n) is 2.81. The lowest BCUT2D eigenvalue weighted by atomic mass is 10.2. The van der Waals surface area contributed by atoms with Gasteiger partial charge in [-0.15, -0.1) is 11.3 Å². The highest BCUT2D eigenvalue weighted by Gasteiger charge is 2.03. The number of rotatable bonds is 2. The van der Waals surface area contributed by atoms with E-state index in [4.69, 9.17) is 4.74 Å². The summed E-state index contributed by atoms with van der Waals surface area (Å²) < 4.78 is 6.76. The monoisotopic (exact) mass is 191 g/mol. The smallest absolute Gasteiger partial charge is 0.127 e. The van der Waals surface area contributed by atoms with Crippen molar-refractivity contribution >= 4 is 21.4 Å². The fourth-order valence-electron chi connectivity index (χ4n) is 1.37. The third-order valence-electron chi connectivity index (χ3n) is 1.87. The van der Waals surface area contributed by atoms with E-state index in [-0.39, 0.29) is 0 Å². The topological polar surface area (TPSA) is 9.23 Å². The molecule has 1 aromatic carbocycles. The first kappa shape index (κ1) is 8.57. The SMILES string of the molecule is [CH2]c1cc2c(OCC)cccc2s1. The van der Waals surface area contributed by atoms with Crippen molar-refractivity contribution in [1.82, 2.24) is 0 Å². The van der Waals surface area contributed by atoms with Gasteiger partial charge in [0.25, 0.3) is 0 Å². The molecule has 0 bridgehead atoms. The van der Waals surface area contributed by atoms with Gasteiger partial charge in [-0.3, -0.25) is 0 Å². The Morgan fingerprint density at radius 3 is 3.08 bits per heavy atom. The predicted octanol–water partition coefficient (Wildman–Crippen LogP) is 3.48. The molecular formula is C11H11OS. The molecule has 1 heterocycles. The van der Waals surface area contributed by atoms with E-state index in [2.05, 4.69) is 19.1 Å². The van der Waals surface area contributed by atoms with Gasteiger partial charge in [0.1, 0.15) is 5.75 Å². The van der Waals surface area contributed by atoms with Crippen LogP contribution in [0.2, 0.25) is 0 Å². The Morgan fingerprint density at radius 2 is 2.31 bits per heavy atom. The summed E-state index contributed by atoms with van der Waals surface area (Å²) in [5.74, 6) is 0.964. The van der Waals surface area contributed by atoms with E-state index in [1.54, 1.807) is 11.3 Å². The van der Waals surface area contributed by atoms with Gasteiger partial charge in [0, 0.05) is 15.0 Å². The Morgan fingerprint density at radius 1 is 1.46 bits per heavy atom. The van der Waals surface area contributed by atoms with Gasteiger partial charge in [-0.1, -0.05) is 6.07 Å². The number of hydrogen-bond acceptors (Lipinski definition) is 2. The van der Waals surface area contributed by atoms with Gasteiger partial charge in [0.2, 0.25) is 0 Å². The van der Waals surface area contributed by atoms with Gasteiger partial charge in [-0.2, -0.15) is 0 Å². The molecule has 1 aromatic heterocycles. The minimum absolute atomic E-state index is 0.710. The van der Waals surface area contributed by atoms with Gasteiger partial charge in [-0.05, 0) is 32.0 Å². The molecular weight excluding hydrogens is 180 g/mol. The summed E-state index contributed by atoms with van der Waals surface area (Å²) in [4.78, 5) is 1.09. The van der Waals surface area contributed by atoms with Crippen LogP contribution in [0.5, 0.6) is 5.75 Å². The second-order valence-corrected chi connectivity index (χ2v) is 3.98. The lowest BCUT2D eigenvalue weighted by Crippen LogP contribution is -1.90. The zero-order valence-electron chi connectivity index (χ0n) is 7.54. The van der Waals surface area contributed by atoms with Crippen molar-refractivity contribution in [1.29, 1.82) is 0 Å². The fourth-order valence-corrected chi connectivity index (χ4v) is 2.24. The van der Waals surface area contributed by atoms with Crippen LogP contribution in [0.15, 0.2) is 24.3 Å². The highest BCUT2D eigenvalue weighted by Crippen LogP contribution is 2.32. The van der Waals surface area contributed by atoms with E-state index < -0.39 is 0 Å². The summed E-state index contributed by atoms with van der Waals surface area (Å²) in [6.45, 7) is 6.63. The molecule has 1 radical (unpaired) electrons. The summed E-state index contributed by atoms with van der Waals surface area (Å²) in [5.41, 5.74) is 0. The average Bonchev–Trinajstić information content (AvgIpc) is 2.47. The molecule has 0 unspecified atom stereocenters. The molecule has 2 aromatic rings. The first-order valence-corrected chi connectivity index (χ1v) is 5.10. The molecule has 0 aliphatic carbocycles. The Balaban J connectivity index is 2.60. The van der Waals surface area contributed by atoms with Crippen molar-refractivity contribution in [3.8, 4) is 5.75 Å². The third kappa shape index (κ3) is 1.54. The number of fused-ring (bicyclic) bond motifs is 1. The summed E-state index contributed by atoms with van der Waals surface area (Å²) in [6, 6.07) is 8.18. The van der Waals surface area contributed by atoms with Crippen molar-refractivity contribution in [2.45, 2.75) is 6.92 Å². The van der Waals surface area contributed by atoms with E-state index >= 15 is 0 Å². The normalized spacial score (nSPS) is 10.6. The van der Waals surface area contributed by atoms with Crippen molar-refractivity contribution < 1.29 is 4.74 Å². The van der Waals surface area contributed by atoms with Gasteiger partial charge in [0.15, 0.2) is 0 Å². The number of ether oxygens (including phenoxy) is 1. The first-order chi connectivity index (χ1) is 6.31. The maximum atomic E-state index is 5.51. The van der Waals surface area contributed by atoms with E-state index in [1.807, 2.05) is 19.1 Å². The Kier molecular flexibility index (Phi) is 2.23. The van der Waals surface area contributed by atoms with Crippen LogP contribution in [-0.2, 0) is 0 Å². The van der Waals surface area contributed by atoms with Crippen LogP contribution in [0.3, 0.4) is 0 Å². The molecule has 0 aliphatic rings. The maximum Gasteiger partial charge on any atom is 0.127 e. The highest BCUT2D eigenvalue weighted by atomic mass is 32.1. The van der Waals surface area contributed by atoms with E-state index in [1.165, 1.54) is 10.1 Å². The van der Waals surface area contributed by atoms with Crippen LogP contribution in [-0.4, -0.2) is 6.61 Å². The Bertz CT molecular complexity index is 417. The zero-order chi connectivity index (χ0) is 9.26. The van der Waals surface area contributed by atoms with Gasteiger partial charge < -0.3 is 4.74 Å². The number of thiophene rings is 1. The Labute approximate surface area is 82.0 Å². The molecule has 0 N–H and O–H groups in total. The maximum absolute atomic E-state index is 5.51. The number of hydrogen-bond donors (Lipinski definition) is 0. The molecule has 2 heteroatoms. The van der Waals surface area contributed by atoms with Crippen LogP contribution in [0.1, 0.15) is 11.8 Å². The predicted molar refractivity (Wildman–Crippen MR) is 57.5 cm³/mol. The van der Waals surface area contributed by atoms with Crippen LogP contribution >= 0.6 is 11.3 Å². The third-order valence-corrected chi connectivity index (χ3v) is 2.83. The molecule has 0 saturated carbocycles. The first-order valence-electron chi connectivity index (χ1n) is 4.28. The number of benzene rings is 1. The largest absolute Gasteiger partial charge is 0.493 e. The van der Waals surface area contributed by atoms with Crippen LogP contribution in [0.25, 0.3) is 10.1 Å².